The Morgan fingerprint density at radius 3 is 2.12 bits per heavy atom. The SMILES string of the molecule is Cc1cccc(N(C)C(=O)C2C(O)CCN2c2nc(C)cc(C(F)(F)F)c2C#N)c1.N.N.O=C(O)C1(C(=O)O)CCC1.[Pt]. The Kier molecular flexibility index (Phi) is 14.0. The van der Waals surface area contributed by atoms with Gasteiger partial charge in [-0.2, -0.15) is 18.4 Å². The maximum Gasteiger partial charge on any atom is 0.417 e. The number of carboxylic acid groups (broad SMARTS) is 2. The summed E-state index contributed by atoms with van der Waals surface area (Å²) in [7, 11) is 1.54. The number of carbonyl (C=O) groups is 3. The van der Waals surface area contributed by atoms with Gasteiger partial charge in [0.2, 0.25) is 0 Å². The molecule has 0 bridgehead atoms. The molecular formula is C27H35F3N6O6Pt. The van der Waals surface area contributed by atoms with E-state index in [1.807, 2.05) is 13.0 Å². The van der Waals surface area contributed by atoms with Gasteiger partial charge < -0.3 is 37.4 Å². The number of anilines is 2. The minimum Gasteiger partial charge on any atom is -0.480 e. The number of carboxylic acids is 2. The van der Waals surface area contributed by atoms with E-state index in [1.165, 1.54) is 23.8 Å². The fourth-order valence-electron chi connectivity index (χ4n) is 4.72. The second kappa shape index (κ2) is 15.2. The van der Waals surface area contributed by atoms with Gasteiger partial charge in [-0.15, -0.1) is 0 Å². The third kappa shape index (κ3) is 8.08. The number of aromatic nitrogens is 1. The van der Waals surface area contributed by atoms with Crippen molar-refractivity contribution in [2.75, 3.05) is 23.4 Å². The molecule has 43 heavy (non-hydrogen) atoms. The number of nitrogens with zero attached hydrogens (tertiary/aromatic N) is 4. The van der Waals surface area contributed by atoms with Gasteiger partial charge in [-0.3, -0.25) is 14.4 Å². The standard InChI is InChI=1S/C21H21F3N4O2.C6H8O4.2H3N.Pt/c1-12-5-4-6-14(9-12)27(3)20(30)18-17(29)7-8-28(18)19-15(11-25)16(21(22,23)24)10-13(2)26-19;7-4(8)6(5(9)10)2-1-3-6;;;/h4-6,9-10,17-18,29H,7-8H2,1-3H3;1-3H2,(H,7,8)(H,9,10);2*1H3;. The largest absolute Gasteiger partial charge is 0.480 e. The number of nitriles is 1. The van der Waals surface area contributed by atoms with Crippen LogP contribution in [0.4, 0.5) is 24.7 Å². The van der Waals surface area contributed by atoms with Gasteiger partial charge in [0.1, 0.15) is 23.5 Å². The fourth-order valence-corrected chi connectivity index (χ4v) is 4.72. The number of likely N-dealkylation sites (N-methyl/N-ethyl adjacent to an activating group) is 1. The predicted molar refractivity (Wildman–Crippen MR) is 147 cm³/mol. The number of halogens is 3. The summed E-state index contributed by atoms with van der Waals surface area (Å²) in [5.74, 6) is -3.14. The first-order chi connectivity index (χ1) is 18.6. The van der Waals surface area contributed by atoms with Crippen LogP contribution in [0.25, 0.3) is 0 Å². The van der Waals surface area contributed by atoms with Crippen molar-refractivity contribution < 1.29 is 63.9 Å². The summed E-state index contributed by atoms with van der Waals surface area (Å²) in [4.78, 5) is 40.7. The number of aliphatic hydroxyl groups excluding tert-OH is 1. The summed E-state index contributed by atoms with van der Waals surface area (Å²) in [6.07, 6.45) is -4.43. The molecule has 2 aliphatic rings. The second-order valence-electron chi connectivity index (χ2n) is 9.90. The van der Waals surface area contributed by atoms with Gasteiger partial charge in [0.15, 0.2) is 5.41 Å². The molecule has 2 fully saturated rings. The summed E-state index contributed by atoms with van der Waals surface area (Å²) in [6, 6.07) is 8.41. The fraction of sp³-hybridized carbons (Fsp3) is 0.444. The van der Waals surface area contributed by atoms with Gasteiger partial charge in [-0.25, -0.2) is 4.98 Å². The molecule has 2 atom stereocenters. The molecule has 1 aliphatic carbocycles. The zero-order chi connectivity index (χ0) is 30.0. The van der Waals surface area contributed by atoms with Crippen molar-refractivity contribution in [1.82, 2.24) is 17.3 Å². The summed E-state index contributed by atoms with van der Waals surface area (Å²) < 4.78 is 40.4. The van der Waals surface area contributed by atoms with Gasteiger partial charge in [0.25, 0.3) is 5.91 Å². The predicted octanol–water partition coefficient (Wildman–Crippen LogP) is 3.84. The van der Waals surface area contributed by atoms with Crippen LogP contribution in [0.1, 0.15) is 48.1 Å². The molecule has 2 unspecified atom stereocenters. The van der Waals surface area contributed by atoms with Crippen LogP contribution in [0.15, 0.2) is 30.3 Å². The van der Waals surface area contributed by atoms with Gasteiger partial charge in [-0.1, -0.05) is 12.1 Å². The Morgan fingerprint density at radius 1 is 1.12 bits per heavy atom. The van der Waals surface area contributed by atoms with Crippen molar-refractivity contribution in [3.63, 3.8) is 0 Å². The molecule has 2 aromatic rings. The Labute approximate surface area is 260 Å². The molecule has 12 nitrogen and oxygen atoms in total. The molecule has 4 rings (SSSR count). The zero-order valence-corrected chi connectivity index (χ0v) is 26.1. The summed E-state index contributed by atoms with van der Waals surface area (Å²) in [6.45, 7) is 3.36. The van der Waals surface area contributed by atoms with Gasteiger partial charge in [0.05, 0.1) is 11.7 Å². The molecule has 1 saturated heterocycles. The minimum atomic E-state index is -4.75. The monoisotopic (exact) mass is 791 g/mol. The molecule has 16 heteroatoms. The third-order valence-electron chi connectivity index (χ3n) is 7.18. The molecule has 0 radical (unpaired) electrons. The molecule has 9 N–H and O–H groups in total. The van der Waals surface area contributed by atoms with E-state index < -0.39 is 52.7 Å². The topological polar surface area (TPSA) is 225 Å². The first-order valence-electron chi connectivity index (χ1n) is 12.4. The molecule has 1 saturated carbocycles. The average molecular weight is 792 g/mol. The summed E-state index contributed by atoms with van der Waals surface area (Å²) >= 11 is 0. The Bertz CT molecular complexity index is 1350. The number of pyridine rings is 1. The number of benzene rings is 1. The van der Waals surface area contributed by atoms with Gasteiger partial charge in [0, 0.05) is 46.0 Å². The molecule has 2 heterocycles. The van der Waals surface area contributed by atoms with Crippen molar-refractivity contribution in [1.29, 1.82) is 5.26 Å². The normalized spacial score (nSPS) is 18.1. The van der Waals surface area contributed by atoms with E-state index in [0.717, 1.165) is 11.6 Å². The number of aliphatic hydroxyl groups is 1. The summed E-state index contributed by atoms with van der Waals surface area (Å²) in [5.41, 5.74) is -1.62. The molecule has 1 amide bonds. The quantitative estimate of drug-likeness (QED) is 0.274. The number of hydrogen-bond donors (Lipinski definition) is 5. The second-order valence-corrected chi connectivity index (χ2v) is 9.90. The Balaban J connectivity index is 0.00000116. The zero-order valence-electron chi connectivity index (χ0n) is 23.8. The molecular weight excluding hydrogens is 756 g/mol. The van der Waals surface area contributed by atoms with Crippen molar-refractivity contribution in [3.8, 4) is 6.07 Å². The van der Waals surface area contributed by atoms with E-state index in [0.29, 0.717) is 12.1 Å². The first kappa shape index (κ1) is 39.4. The molecule has 1 aliphatic heterocycles. The Hall–Kier alpha value is -3.57. The number of amides is 1. The van der Waals surface area contributed by atoms with E-state index in [-0.39, 0.29) is 70.7 Å². The van der Waals surface area contributed by atoms with E-state index in [9.17, 15) is 37.9 Å². The van der Waals surface area contributed by atoms with Crippen molar-refractivity contribution in [2.24, 2.45) is 5.41 Å². The minimum absolute atomic E-state index is 0. The van der Waals surface area contributed by atoms with Crippen LogP contribution >= 0.6 is 0 Å². The van der Waals surface area contributed by atoms with Crippen LogP contribution in [0.5, 0.6) is 0 Å². The van der Waals surface area contributed by atoms with Gasteiger partial charge >= 0.3 is 18.1 Å². The molecule has 240 valence electrons. The molecule has 1 aromatic heterocycles. The van der Waals surface area contributed by atoms with Crippen LogP contribution in [0, 0.1) is 30.6 Å². The van der Waals surface area contributed by atoms with Crippen LogP contribution in [-0.2, 0) is 41.6 Å². The van der Waals surface area contributed by atoms with Crippen molar-refractivity contribution in [2.45, 2.75) is 57.9 Å². The van der Waals surface area contributed by atoms with Crippen LogP contribution in [0.2, 0.25) is 0 Å². The van der Waals surface area contributed by atoms with Crippen molar-refractivity contribution in [3.05, 3.63) is 52.7 Å². The maximum absolute atomic E-state index is 13.5. The maximum atomic E-state index is 13.5. The van der Waals surface area contributed by atoms with Crippen molar-refractivity contribution >= 4 is 29.4 Å². The Morgan fingerprint density at radius 2 is 1.70 bits per heavy atom. The smallest absolute Gasteiger partial charge is 0.417 e. The van der Waals surface area contributed by atoms with Crippen LogP contribution < -0.4 is 22.1 Å². The van der Waals surface area contributed by atoms with Crippen LogP contribution in [0.3, 0.4) is 0 Å². The number of alkyl halides is 3. The van der Waals surface area contributed by atoms with E-state index in [1.54, 1.807) is 24.3 Å². The molecule has 0 spiro atoms. The van der Waals surface area contributed by atoms with Gasteiger partial charge in [-0.05, 0) is 63.3 Å². The third-order valence-corrected chi connectivity index (χ3v) is 7.18. The van der Waals surface area contributed by atoms with E-state index in [2.05, 4.69) is 4.98 Å². The number of hydrogen-bond acceptors (Lipinski definition) is 9. The number of aliphatic carboxylic acids is 2. The van der Waals surface area contributed by atoms with E-state index in [4.69, 9.17) is 10.2 Å². The number of aryl methyl sites for hydroxylation is 2. The number of carbonyl (C=O) groups excluding carboxylic acids is 1. The van der Waals surface area contributed by atoms with E-state index >= 15 is 0 Å². The first-order valence-corrected chi connectivity index (χ1v) is 12.4. The molecule has 1 aromatic carbocycles. The summed E-state index contributed by atoms with van der Waals surface area (Å²) in [5, 5.41) is 36.9. The van der Waals surface area contributed by atoms with Crippen LogP contribution in [-0.4, -0.2) is 63.9 Å². The average Bonchev–Trinajstić information content (AvgIpc) is 3.22. The number of rotatable bonds is 5.